The lowest BCUT2D eigenvalue weighted by molar-refractivity contribution is -0.146. The number of alkyl halides is 3. The Morgan fingerprint density at radius 2 is 1.62 bits per heavy atom. The van der Waals surface area contributed by atoms with Gasteiger partial charge in [0.1, 0.15) is 18.2 Å². The van der Waals surface area contributed by atoms with Crippen LogP contribution in [0.25, 0.3) is 0 Å². The molecule has 0 atom stereocenters. The van der Waals surface area contributed by atoms with E-state index in [0.717, 1.165) is 30.3 Å². The van der Waals surface area contributed by atoms with Gasteiger partial charge in [-0.3, -0.25) is 14.4 Å². The van der Waals surface area contributed by atoms with Crippen molar-refractivity contribution in [3.8, 4) is 0 Å². The Labute approximate surface area is 160 Å². The summed E-state index contributed by atoms with van der Waals surface area (Å²) in [5.74, 6) is -4.49. The Kier molecular flexibility index (Phi) is 6.86. The predicted octanol–water partition coefficient (Wildman–Crippen LogP) is 2.90. The van der Waals surface area contributed by atoms with Gasteiger partial charge in [-0.15, -0.1) is 0 Å². The van der Waals surface area contributed by atoms with Gasteiger partial charge in [-0.2, -0.15) is 13.2 Å². The minimum Gasteiger partial charge on any atom is -0.454 e. The number of anilines is 1. The number of amides is 2. The van der Waals surface area contributed by atoms with Crippen LogP contribution in [0.3, 0.4) is 0 Å². The minimum atomic E-state index is -4.55. The van der Waals surface area contributed by atoms with Gasteiger partial charge in [0.15, 0.2) is 6.61 Å². The molecule has 29 heavy (non-hydrogen) atoms. The highest BCUT2D eigenvalue weighted by Gasteiger charge is 2.30. The Morgan fingerprint density at radius 1 is 0.966 bits per heavy atom. The molecule has 0 radical (unpaired) electrons. The zero-order valence-electron chi connectivity index (χ0n) is 14.5. The molecule has 2 aromatic rings. The molecule has 0 spiro atoms. The quantitative estimate of drug-likeness (QED) is 0.560. The smallest absolute Gasteiger partial charge is 0.416 e. The summed E-state index contributed by atoms with van der Waals surface area (Å²) < 4.78 is 68.4. The molecular weight excluding hydrogens is 403 g/mol. The molecule has 0 aromatic heterocycles. The summed E-state index contributed by atoms with van der Waals surface area (Å²) in [6, 6.07) is 5.68. The molecule has 0 fully saturated rings. The van der Waals surface area contributed by atoms with Crippen LogP contribution >= 0.6 is 0 Å². The van der Waals surface area contributed by atoms with E-state index in [9.17, 15) is 36.3 Å². The maximum absolute atomic E-state index is 13.4. The first kappa shape index (κ1) is 21.8. The van der Waals surface area contributed by atoms with E-state index in [1.54, 1.807) is 0 Å². The van der Waals surface area contributed by atoms with Gasteiger partial charge in [0.25, 0.3) is 11.8 Å². The van der Waals surface area contributed by atoms with Crippen molar-refractivity contribution in [1.82, 2.24) is 5.32 Å². The summed E-state index contributed by atoms with van der Waals surface area (Å²) in [4.78, 5) is 34.9. The maximum atomic E-state index is 13.4. The van der Waals surface area contributed by atoms with Crippen LogP contribution in [0.5, 0.6) is 0 Å². The van der Waals surface area contributed by atoms with E-state index in [4.69, 9.17) is 0 Å². The Morgan fingerprint density at radius 3 is 2.24 bits per heavy atom. The summed E-state index contributed by atoms with van der Waals surface area (Å²) in [5.41, 5.74) is -1.50. The third kappa shape index (κ3) is 6.55. The van der Waals surface area contributed by atoms with Gasteiger partial charge in [-0.25, -0.2) is 8.78 Å². The average Bonchev–Trinajstić information content (AvgIpc) is 2.66. The monoisotopic (exact) mass is 416 g/mol. The predicted molar refractivity (Wildman–Crippen MR) is 89.7 cm³/mol. The fraction of sp³-hybridized carbons (Fsp3) is 0.167. The molecule has 2 aromatic carbocycles. The number of halogens is 5. The lowest BCUT2D eigenvalue weighted by Gasteiger charge is -2.09. The van der Waals surface area contributed by atoms with Gasteiger partial charge in [0, 0.05) is 11.6 Å². The van der Waals surface area contributed by atoms with E-state index < -0.39 is 60.0 Å². The fourth-order valence-corrected chi connectivity index (χ4v) is 2.04. The summed E-state index contributed by atoms with van der Waals surface area (Å²) in [6.45, 7) is -1.49. The van der Waals surface area contributed by atoms with Gasteiger partial charge in [0.2, 0.25) is 0 Å². The second-order valence-corrected chi connectivity index (χ2v) is 5.59. The minimum absolute atomic E-state index is 0.120. The molecule has 0 heterocycles. The summed E-state index contributed by atoms with van der Waals surface area (Å²) >= 11 is 0. The van der Waals surface area contributed by atoms with Gasteiger partial charge >= 0.3 is 12.1 Å². The number of carbonyl (C=O) groups excluding carboxylic acids is 3. The second kappa shape index (κ2) is 9.13. The number of hydrogen-bond acceptors (Lipinski definition) is 4. The molecule has 0 aliphatic carbocycles. The molecule has 2 amide bonds. The Hall–Kier alpha value is -3.50. The number of benzene rings is 2. The molecular formula is C18H13F5N2O4. The number of ether oxygens (including phenoxy) is 1. The first-order valence-corrected chi connectivity index (χ1v) is 7.92. The van der Waals surface area contributed by atoms with E-state index in [-0.39, 0.29) is 5.56 Å². The molecule has 2 rings (SSSR count). The van der Waals surface area contributed by atoms with Crippen molar-refractivity contribution in [2.75, 3.05) is 18.5 Å². The lowest BCUT2D eigenvalue weighted by Crippen LogP contribution is -2.32. The van der Waals surface area contributed by atoms with E-state index in [1.165, 1.54) is 0 Å². The Bertz CT molecular complexity index is 913. The first-order chi connectivity index (χ1) is 13.6. The molecule has 0 saturated carbocycles. The van der Waals surface area contributed by atoms with Crippen molar-refractivity contribution in [2.45, 2.75) is 6.18 Å². The van der Waals surface area contributed by atoms with E-state index >= 15 is 0 Å². The van der Waals surface area contributed by atoms with Gasteiger partial charge in [0.05, 0.1) is 11.3 Å². The normalized spacial score (nSPS) is 10.9. The zero-order valence-corrected chi connectivity index (χ0v) is 14.5. The average molecular weight is 416 g/mol. The van der Waals surface area contributed by atoms with Crippen molar-refractivity contribution in [3.63, 3.8) is 0 Å². The van der Waals surface area contributed by atoms with Crippen molar-refractivity contribution < 1.29 is 41.1 Å². The number of carbonyl (C=O) groups is 3. The molecule has 2 N–H and O–H groups in total. The second-order valence-electron chi connectivity index (χ2n) is 5.59. The molecule has 0 saturated heterocycles. The van der Waals surface area contributed by atoms with Crippen LogP contribution in [0.1, 0.15) is 15.9 Å². The van der Waals surface area contributed by atoms with E-state index in [2.05, 4.69) is 10.1 Å². The SMILES string of the molecule is O=C(COC(=O)CNC(=O)c1ccc(C(F)(F)F)cc1)Nc1cc(F)ccc1F. The summed E-state index contributed by atoms with van der Waals surface area (Å²) in [5, 5.41) is 4.12. The van der Waals surface area contributed by atoms with Crippen molar-refractivity contribution >= 4 is 23.5 Å². The third-order valence-corrected chi connectivity index (χ3v) is 3.43. The highest BCUT2D eigenvalue weighted by atomic mass is 19.4. The van der Waals surface area contributed by atoms with Gasteiger partial charge in [-0.1, -0.05) is 0 Å². The van der Waals surface area contributed by atoms with Crippen LogP contribution in [-0.2, 0) is 20.5 Å². The third-order valence-electron chi connectivity index (χ3n) is 3.43. The number of rotatable bonds is 6. The topological polar surface area (TPSA) is 84.5 Å². The molecule has 0 aliphatic heterocycles. The lowest BCUT2D eigenvalue weighted by atomic mass is 10.1. The molecule has 0 unspecified atom stereocenters. The highest BCUT2D eigenvalue weighted by Crippen LogP contribution is 2.29. The standard InChI is InChI=1S/C18H13F5N2O4/c19-12-5-6-13(20)14(7-12)25-15(26)9-29-16(27)8-24-17(28)10-1-3-11(4-2-10)18(21,22)23/h1-7H,8-9H2,(H,24,28)(H,25,26). The van der Waals surface area contributed by atoms with Crippen molar-refractivity contribution in [2.24, 2.45) is 0 Å². The summed E-state index contributed by atoms with van der Waals surface area (Å²) in [7, 11) is 0. The molecule has 11 heteroatoms. The fourth-order valence-electron chi connectivity index (χ4n) is 2.04. The summed E-state index contributed by atoms with van der Waals surface area (Å²) in [6.07, 6.45) is -4.55. The first-order valence-electron chi connectivity index (χ1n) is 7.92. The molecule has 6 nitrogen and oxygen atoms in total. The number of esters is 1. The van der Waals surface area contributed by atoms with Gasteiger partial charge < -0.3 is 15.4 Å². The van der Waals surface area contributed by atoms with Crippen LogP contribution in [-0.4, -0.2) is 30.9 Å². The van der Waals surface area contributed by atoms with Crippen LogP contribution < -0.4 is 10.6 Å². The van der Waals surface area contributed by atoms with Crippen LogP contribution in [0.15, 0.2) is 42.5 Å². The van der Waals surface area contributed by atoms with Crippen LogP contribution in [0, 0.1) is 11.6 Å². The number of hydrogen-bond donors (Lipinski definition) is 2. The molecule has 0 aliphatic rings. The largest absolute Gasteiger partial charge is 0.454 e. The number of nitrogens with one attached hydrogen (secondary N) is 2. The van der Waals surface area contributed by atoms with Crippen LogP contribution in [0.4, 0.5) is 27.6 Å². The van der Waals surface area contributed by atoms with Crippen molar-refractivity contribution in [1.29, 1.82) is 0 Å². The maximum Gasteiger partial charge on any atom is 0.416 e. The molecule has 154 valence electrons. The van der Waals surface area contributed by atoms with E-state index in [0.29, 0.717) is 12.1 Å². The highest BCUT2D eigenvalue weighted by molar-refractivity contribution is 5.96. The van der Waals surface area contributed by atoms with Crippen molar-refractivity contribution in [3.05, 3.63) is 65.2 Å². The van der Waals surface area contributed by atoms with Gasteiger partial charge in [-0.05, 0) is 36.4 Å². The van der Waals surface area contributed by atoms with E-state index in [1.807, 2.05) is 5.32 Å². The van der Waals surface area contributed by atoms with Crippen LogP contribution in [0.2, 0.25) is 0 Å². The zero-order chi connectivity index (χ0) is 21.6. The Balaban J connectivity index is 1.78. The molecule has 0 bridgehead atoms.